The Labute approximate surface area is 210 Å². The number of ether oxygens (including phenoxy) is 4. The van der Waals surface area contributed by atoms with E-state index in [4.69, 9.17) is 18.9 Å². The Morgan fingerprint density at radius 2 is 1.58 bits per heavy atom. The van der Waals surface area contributed by atoms with Crippen LogP contribution in [0.4, 0.5) is 0 Å². The maximum atomic E-state index is 10.9. The average Bonchev–Trinajstić information content (AvgIpc) is 2.80. The molecule has 12 nitrogen and oxygen atoms in total. The summed E-state index contributed by atoms with van der Waals surface area (Å²) in [5, 5.41) is 81.3. The van der Waals surface area contributed by atoms with Crippen molar-refractivity contribution in [2.24, 2.45) is 5.41 Å². The maximum Gasteiger partial charge on any atom is 0.187 e. The Morgan fingerprint density at radius 3 is 2.22 bits per heavy atom. The van der Waals surface area contributed by atoms with Gasteiger partial charge < -0.3 is 59.8 Å². The van der Waals surface area contributed by atoms with Gasteiger partial charge in [-0.25, -0.2) is 0 Å². The van der Waals surface area contributed by atoms with Crippen LogP contribution in [0.1, 0.15) is 47.0 Å². The molecule has 36 heavy (non-hydrogen) atoms. The SMILES string of the molecule is CC1=C(CC[C@H](C)O)C(C)(C)C[C@H](O[C@H]2O[C@H](CO[C@H]3OC[C@H](O)[C@H](O)[C@@H]3O)[C@H](O)[C@H](O)[C@H]2O)[C@H]1O. The fourth-order valence-corrected chi connectivity index (χ4v) is 5.19. The van der Waals surface area contributed by atoms with Gasteiger partial charge in [0.2, 0.25) is 0 Å². The van der Waals surface area contributed by atoms with Crippen LogP contribution in [-0.4, -0.2) is 128 Å². The van der Waals surface area contributed by atoms with Gasteiger partial charge in [0.1, 0.15) is 48.8 Å². The van der Waals surface area contributed by atoms with Gasteiger partial charge in [0.05, 0.1) is 25.4 Å². The number of hydrogen-bond acceptors (Lipinski definition) is 12. The fraction of sp³-hybridized carbons (Fsp3) is 0.917. The van der Waals surface area contributed by atoms with Gasteiger partial charge in [-0.3, -0.25) is 0 Å². The molecule has 2 aliphatic heterocycles. The Morgan fingerprint density at radius 1 is 0.944 bits per heavy atom. The summed E-state index contributed by atoms with van der Waals surface area (Å²) in [6, 6.07) is 0. The van der Waals surface area contributed by atoms with Crippen LogP contribution in [-0.2, 0) is 18.9 Å². The maximum absolute atomic E-state index is 10.9. The highest BCUT2D eigenvalue weighted by molar-refractivity contribution is 5.28. The zero-order chi connectivity index (χ0) is 26.9. The van der Waals surface area contributed by atoms with Crippen LogP contribution >= 0.6 is 0 Å². The molecule has 3 aliphatic rings. The number of hydrogen-bond donors (Lipinski definition) is 8. The van der Waals surface area contributed by atoms with E-state index in [0.29, 0.717) is 24.8 Å². The van der Waals surface area contributed by atoms with Crippen molar-refractivity contribution in [2.75, 3.05) is 13.2 Å². The minimum atomic E-state index is -1.64. The van der Waals surface area contributed by atoms with Crippen LogP contribution in [0.2, 0.25) is 0 Å². The van der Waals surface area contributed by atoms with Crippen molar-refractivity contribution in [3.8, 4) is 0 Å². The first-order valence-corrected chi connectivity index (χ1v) is 12.4. The van der Waals surface area contributed by atoms with Gasteiger partial charge in [-0.05, 0) is 44.1 Å². The van der Waals surface area contributed by atoms with Crippen molar-refractivity contribution < 1.29 is 59.8 Å². The van der Waals surface area contributed by atoms with Crippen molar-refractivity contribution in [2.45, 2.75) is 121 Å². The summed E-state index contributed by atoms with van der Waals surface area (Å²) in [7, 11) is 0. The summed E-state index contributed by atoms with van der Waals surface area (Å²) in [6.07, 6.45) is -13.7. The van der Waals surface area contributed by atoms with Gasteiger partial charge in [0, 0.05) is 0 Å². The second-order valence-corrected chi connectivity index (χ2v) is 10.9. The van der Waals surface area contributed by atoms with Crippen LogP contribution < -0.4 is 0 Å². The quantitative estimate of drug-likeness (QED) is 0.162. The summed E-state index contributed by atoms with van der Waals surface area (Å²) < 4.78 is 22.2. The van der Waals surface area contributed by atoms with Crippen molar-refractivity contribution in [3.63, 3.8) is 0 Å². The Hall–Kier alpha value is -0.740. The topological polar surface area (TPSA) is 199 Å². The predicted octanol–water partition coefficient (Wildman–Crippen LogP) is -2.10. The lowest BCUT2D eigenvalue weighted by Crippen LogP contribution is -2.61. The number of rotatable bonds is 8. The highest BCUT2D eigenvalue weighted by atomic mass is 16.7. The van der Waals surface area contributed by atoms with Gasteiger partial charge in [0.25, 0.3) is 0 Å². The van der Waals surface area contributed by atoms with Crippen molar-refractivity contribution in [3.05, 3.63) is 11.1 Å². The van der Waals surface area contributed by atoms with Gasteiger partial charge in [0.15, 0.2) is 12.6 Å². The van der Waals surface area contributed by atoms with E-state index < -0.39 is 80.2 Å². The van der Waals surface area contributed by atoms with Crippen LogP contribution in [0.3, 0.4) is 0 Å². The molecule has 2 fully saturated rings. The van der Waals surface area contributed by atoms with E-state index in [1.54, 1.807) is 13.8 Å². The van der Waals surface area contributed by atoms with Crippen molar-refractivity contribution in [1.82, 2.24) is 0 Å². The molecule has 0 spiro atoms. The average molecular weight is 523 g/mol. The zero-order valence-corrected chi connectivity index (χ0v) is 21.2. The summed E-state index contributed by atoms with van der Waals surface area (Å²) >= 11 is 0. The lowest BCUT2D eigenvalue weighted by molar-refractivity contribution is -0.332. The Balaban J connectivity index is 1.67. The van der Waals surface area contributed by atoms with E-state index in [-0.39, 0.29) is 12.0 Å². The van der Waals surface area contributed by atoms with E-state index in [2.05, 4.69) is 0 Å². The van der Waals surface area contributed by atoms with E-state index in [1.807, 2.05) is 13.8 Å². The molecular weight excluding hydrogens is 480 g/mol. The first kappa shape index (κ1) is 29.8. The molecule has 0 radical (unpaired) electrons. The Bertz CT molecular complexity index is 757. The van der Waals surface area contributed by atoms with Crippen LogP contribution in [0.5, 0.6) is 0 Å². The van der Waals surface area contributed by atoms with E-state index >= 15 is 0 Å². The monoisotopic (exact) mass is 522 g/mol. The molecule has 0 amide bonds. The molecule has 2 saturated heterocycles. The molecule has 12 atom stereocenters. The van der Waals surface area contributed by atoms with E-state index in [0.717, 1.165) is 5.57 Å². The molecule has 2 heterocycles. The van der Waals surface area contributed by atoms with Gasteiger partial charge in [-0.2, -0.15) is 0 Å². The standard InChI is InChI=1S/C24H42O12/c1-10(25)5-6-12-11(2)16(27)14(7-24(12,3)4)35-23-21(32)19(30)18(29)15(36-23)9-34-22-20(31)17(28)13(26)8-33-22/h10,13-23,25-32H,5-9H2,1-4H3/t10-,13-,14-,15+,16-,17-,18-,19-,20-,21+,22+,23-/m0/s1. The summed E-state index contributed by atoms with van der Waals surface area (Å²) in [6.45, 7) is 6.85. The largest absolute Gasteiger partial charge is 0.393 e. The molecule has 210 valence electrons. The van der Waals surface area contributed by atoms with Gasteiger partial charge >= 0.3 is 0 Å². The lowest BCUT2D eigenvalue weighted by Gasteiger charge is -2.46. The summed E-state index contributed by atoms with van der Waals surface area (Å²) in [4.78, 5) is 0. The molecule has 0 saturated carbocycles. The first-order valence-electron chi connectivity index (χ1n) is 12.4. The molecule has 12 heteroatoms. The number of aliphatic hydroxyl groups excluding tert-OH is 8. The van der Waals surface area contributed by atoms with Crippen molar-refractivity contribution >= 4 is 0 Å². The second kappa shape index (κ2) is 12.0. The minimum Gasteiger partial charge on any atom is -0.393 e. The summed E-state index contributed by atoms with van der Waals surface area (Å²) in [5.41, 5.74) is 1.37. The van der Waals surface area contributed by atoms with E-state index in [1.165, 1.54) is 0 Å². The molecule has 0 unspecified atom stereocenters. The molecule has 0 aromatic rings. The third-order valence-corrected chi connectivity index (χ3v) is 7.47. The van der Waals surface area contributed by atoms with Gasteiger partial charge in [-0.1, -0.05) is 19.4 Å². The zero-order valence-electron chi connectivity index (χ0n) is 21.2. The summed E-state index contributed by atoms with van der Waals surface area (Å²) in [5.74, 6) is 0. The van der Waals surface area contributed by atoms with Gasteiger partial charge in [-0.15, -0.1) is 0 Å². The number of allylic oxidation sites excluding steroid dienone is 1. The van der Waals surface area contributed by atoms with Crippen LogP contribution in [0.15, 0.2) is 11.1 Å². The molecule has 0 aromatic carbocycles. The first-order chi connectivity index (χ1) is 16.7. The normalized spacial score (nSPS) is 44.5. The molecule has 8 N–H and O–H groups in total. The third kappa shape index (κ3) is 6.45. The smallest absolute Gasteiger partial charge is 0.187 e. The molecule has 0 bridgehead atoms. The predicted molar refractivity (Wildman–Crippen MR) is 123 cm³/mol. The minimum absolute atomic E-state index is 0.272. The molecule has 3 rings (SSSR count). The number of aliphatic hydroxyl groups is 8. The molecular formula is C24H42O12. The lowest BCUT2D eigenvalue weighted by atomic mass is 9.69. The van der Waals surface area contributed by atoms with Crippen LogP contribution in [0, 0.1) is 5.41 Å². The Kier molecular flexibility index (Phi) is 9.92. The van der Waals surface area contributed by atoms with E-state index in [9.17, 15) is 40.9 Å². The third-order valence-electron chi connectivity index (χ3n) is 7.47. The molecule has 0 aromatic heterocycles. The second-order valence-electron chi connectivity index (χ2n) is 10.9. The fourth-order valence-electron chi connectivity index (χ4n) is 5.19. The molecule has 1 aliphatic carbocycles. The highest BCUT2D eigenvalue weighted by Crippen LogP contribution is 2.44. The van der Waals surface area contributed by atoms with Crippen LogP contribution in [0.25, 0.3) is 0 Å². The van der Waals surface area contributed by atoms with Crippen molar-refractivity contribution in [1.29, 1.82) is 0 Å². The highest BCUT2D eigenvalue weighted by Gasteiger charge is 2.48.